The van der Waals surface area contributed by atoms with Gasteiger partial charge in [-0.15, -0.1) is 0 Å². The van der Waals surface area contributed by atoms with Crippen molar-refractivity contribution in [1.29, 1.82) is 0 Å². The van der Waals surface area contributed by atoms with Crippen LogP contribution in [-0.4, -0.2) is 186 Å². The van der Waals surface area contributed by atoms with Crippen molar-refractivity contribution in [3.63, 3.8) is 0 Å². The van der Waals surface area contributed by atoms with Gasteiger partial charge in [0.15, 0.2) is 0 Å². The number of fused-ring (bicyclic) bond motifs is 8. The summed E-state index contributed by atoms with van der Waals surface area (Å²) < 4.78 is 20.5. The molecule has 0 saturated heterocycles. The minimum atomic E-state index is -0.519. The number of rotatable bonds is 19. The summed E-state index contributed by atoms with van der Waals surface area (Å²) in [5.41, 5.74) is 11.9. The lowest BCUT2D eigenvalue weighted by Crippen LogP contribution is -3.00. The largest absolute Gasteiger partial charge is 1.00 e. The first-order valence-corrected chi connectivity index (χ1v) is 23.9. The normalized spacial score (nSPS) is 15.1. The molecule has 0 aromatic carbocycles. The minimum absolute atomic E-state index is 0. The van der Waals surface area contributed by atoms with E-state index >= 15 is 0 Å². The number of allylic oxidation sites excluding steroid dienone is 1. The van der Waals surface area contributed by atoms with Gasteiger partial charge in [0.2, 0.25) is 0 Å². The molecule has 2 aliphatic rings. The van der Waals surface area contributed by atoms with Crippen LogP contribution in [0.4, 0.5) is 0 Å². The van der Waals surface area contributed by atoms with Crippen LogP contribution in [0.3, 0.4) is 0 Å². The Morgan fingerprint density at radius 3 is 1.73 bits per heavy atom. The molecule has 0 spiro atoms. The summed E-state index contributed by atoms with van der Waals surface area (Å²) in [5.74, 6) is -1.80. The molecule has 14 nitrogen and oxygen atoms in total. The Hall–Kier alpha value is -2.23. The number of hydrogen-bond donors (Lipinski definition) is 2. The smallest absolute Gasteiger partial charge is 0.340 e. The summed E-state index contributed by atoms with van der Waals surface area (Å²) in [4.78, 5) is 60.4. The molecule has 398 valence electrons. The third kappa shape index (κ3) is 18.8. The fraction of sp³-hybridized carbons (Fsp3) is 0.566. The van der Waals surface area contributed by atoms with Crippen molar-refractivity contribution in [1.82, 2.24) is 19.9 Å². The van der Waals surface area contributed by atoms with Crippen LogP contribution in [-0.2, 0) is 41.4 Å². The topological polar surface area (TPSA) is 136 Å². The van der Waals surface area contributed by atoms with Gasteiger partial charge in [0.25, 0.3) is 0 Å². The monoisotopic (exact) mass is 1430 g/mol. The van der Waals surface area contributed by atoms with E-state index in [4.69, 9.17) is 24.2 Å². The standard InChI is InChI=1S/C53H81N8O6.4HI/c1-18-38-34(2)43-32-47-39(20-19-23-58(6,7)8)35(3)42(55-47)31-44-36(4)40(21-22-48(62)65-27-24-59(9,10)11)51(56-44)41(30-49(63)66-28-25-60(12,13)14)52-50(53(64)67-29-26-61(15,16)17)37(5)45(57-52)33-46(38)54-43;;;;/h19-20,31-33,36,40H,18,21-30H2,1-17H3,(H-,54,55,56,57,64);4*1H/q+3;;;;/p-3/b20-19+;;;;/t36-,40-;;;;/m0..../s1. The Balaban J connectivity index is 0.00000630. The number of ether oxygens (including phenoxy) is 3. The molecular weight excluding hydrogens is 1350 g/mol. The van der Waals surface area contributed by atoms with E-state index in [0.29, 0.717) is 79.9 Å². The second kappa shape index (κ2) is 27.5. The summed E-state index contributed by atoms with van der Waals surface area (Å²) >= 11 is 0. The average molecular weight is 1430 g/mol. The molecule has 0 radical (unpaired) electrons. The highest BCUT2D eigenvalue weighted by molar-refractivity contribution is 6.25. The summed E-state index contributed by atoms with van der Waals surface area (Å²) in [5, 5.41) is 0. The lowest BCUT2D eigenvalue weighted by Gasteiger charge is -2.24. The van der Waals surface area contributed by atoms with Crippen molar-refractivity contribution in [2.75, 3.05) is 131 Å². The number of aromatic amines is 2. The summed E-state index contributed by atoms with van der Waals surface area (Å²) in [7, 11) is 25.0. The van der Waals surface area contributed by atoms with Crippen molar-refractivity contribution < 1.29 is 142 Å². The fourth-order valence-electron chi connectivity index (χ4n) is 8.41. The van der Waals surface area contributed by atoms with Gasteiger partial charge in [-0.25, -0.2) is 9.78 Å². The molecule has 0 unspecified atom stereocenters. The highest BCUT2D eigenvalue weighted by Gasteiger charge is 2.36. The van der Waals surface area contributed by atoms with Gasteiger partial charge >= 0.3 is 17.9 Å². The van der Waals surface area contributed by atoms with Crippen molar-refractivity contribution in [2.24, 2.45) is 0 Å². The Bertz CT molecular complexity index is 2580. The van der Waals surface area contributed by atoms with Crippen LogP contribution < -0.4 is 95.9 Å². The van der Waals surface area contributed by atoms with Gasteiger partial charge in [0, 0.05) is 57.1 Å². The number of carbonyl (C=O) groups excluding carboxylic acids is 3. The molecule has 0 amide bonds. The van der Waals surface area contributed by atoms with Gasteiger partial charge in [-0.3, -0.25) is 14.6 Å². The van der Waals surface area contributed by atoms with Crippen LogP contribution in [0.15, 0.2) is 24.3 Å². The number of aryl methyl sites for hydroxylation is 3. The number of hydrogen-bond acceptors (Lipinski definition) is 8. The highest BCUT2D eigenvalue weighted by atomic mass is 127. The Morgan fingerprint density at radius 1 is 0.648 bits per heavy atom. The van der Waals surface area contributed by atoms with Crippen LogP contribution in [0.5, 0.6) is 0 Å². The third-order valence-corrected chi connectivity index (χ3v) is 12.7. The van der Waals surface area contributed by atoms with E-state index in [0.717, 1.165) is 67.5 Å². The van der Waals surface area contributed by atoms with E-state index < -0.39 is 11.9 Å². The quantitative estimate of drug-likeness (QED) is 0.0529. The van der Waals surface area contributed by atoms with Gasteiger partial charge in [0.1, 0.15) is 39.5 Å². The van der Waals surface area contributed by atoms with E-state index in [2.05, 4.69) is 104 Å². The fourth-order valence-corrected chi connectivity index (χ4v) is 8.41. The van der Waals surface area contributed by atoms with E-state index in [1.165, 1.54) is 0 Å². The van der Waals surface area contributed by atoms with E-state index in [1.807, 2.05) is 55.3 Å². The number of esters is 3. The Morgan fingerprint density at radius 2 is 1.18 bits per heavy atom. The number of quaternary nitrogens is 4. The lowest BCUT2D eigenvalue weighted by molar-refractivity contribution is -0.870. The molecule has 2 aliphatic heterocycles. The second-order valence-corrected chi connectivity index (χ2v) is 22.7. The maximum Gasteiger partial charge on any atom is 0.340 e. The van der Waals surface area contributed by atoms with Crippen molar-refractivity contribution in [3.8, 4) is 0 Å². The van der Waals surface area contributed by atoms with Crippen molar-refractivity contribution in [3.05, 3.63) is 74.9 Å². The molecule has 18 heteroatoms. The zero-order valence-corrected chi connectivity index (χ0v) is 54.1. The molecule has 0 saturated carbocycles. The maximum absolute atomic E-state index is 14.6. The number of aromatic nitrogens is 4. The number of nitrogens with one attached hydrogen (secondary N) is 2. The number of H-pyrrole nitrogens is 2. The number of halogens is 4. The predicted octanol–water partition coefficient (Wildman–Crippen LogP) is -4.88. The number of likely N-dealkylation sites (N-methyl/N-ethyl adjacent to an activating group) is 4. The Kier molecular flexibility index (Phi) is 25.9. The van der Waals surface area contributed by atoms with Crippen LogP contribution in [0.2, 0.25) is 0 Å². The van der Waals surface area contributed by atoms with E-state index in [-0.39, 0.29) is 140 Å². The molecule has 3 aromatic heterocycles. The van der Waals surface area contributed by atoms with E-state index in [9.17, 15) is 14.4 Å². The van der Waals surface area contributed by atoms with Crippen LogP contribution in [0, 0.1) is 13.8 Å². The van der Waals surface area contributed by atoms with Crippen LogP contribution >= 0.6 is 0 Å². The number of carbonyl (C=O) groups is 3. The third-order valence-electron chi connectivity index (χ3n) is 12.7. The average Bonchev–Trinajstić information content (AvgIpc) is 3.87. The zero-order chi connectivity index (χ0) is 49.8. The maximum atomic E-state index is 14.6. The second-order valence-electron chi connectivity index (χ2n) is 22.7. The molecule has 2 atom stereocenters. The molecule has 5 rings (SSSR count). The van der Waals surface area contributed by atoms with E-state index in [1.54, 1.807) is 0 Å². The molecule has 8 bridgehead atoms. The predicted molar refractivity (Wildman–Crippen MR) is 270 cm³/mol. The summed E-state index contributed by atoms with van der Waals surface area (Å²) in [6.45, 7) is 13.9. The number of nitrogens with zero attached hydrogens (tertiary/aromatic N) is 6. The van der Waals surface area contributed by atoms with Crippen molar-refractivity contribution in [2.45, 2.75) is 72.1 Å². The van der Waals surface area contributed by atoms with Crippen LogP contribution in [0.25, 0.3) is 39.3 Å². The molecular formula is C53H82I4N8O6. The van der Waals surface area contributed by atoms with Crippen molar-refractivity contribution >= 4 is 57.2 Å². The summed E-state index contributed by atoms with van der Waals surface area (Å²) in [6.07, 6.45) is 5.54. The SMILES string of the molecule is CCc1c(C)c2cc3[nH]c(cc4nc(c(CC(=O)OCC[N+](C)(C)C)c5nc(cc1[nH]2)C(C)=C5C(=O)OCC[N+](C)(C)C)[C@@H](CCC(=O)OCC[N+](C)(C)C)[C@@H]4C)c(C)c3/C=C/C[N+](C)(C)C.[I-].[I-].[I-].[I-]. The van der Waals surface area contributed by atoms with Gasteiger partial charge in [-0.05, 0) is 80.2 Å². The summed E-state index contributed by atoms with van der Waals surface area (Å²) in [6, 6.07) is 6.29. The molecule has 0 fully saturated rings. The lowest BCUT2D eigenvalue weighted by atomic mass is 9.84. The Labute approximate surface area is 492 Å². The van der Waals surface area contributed by atoms with Gasteiger partial charge in [-0.1, -0.05) is 19.9 Å². The van der Waals surface area contributed by atoms with Gasteiger partial charge < -0.3 is 138 Å². The van der Waals surface area contributed by atoms with Crippen LogP contribution in [0.1, 0.15) is 96.0 Å². The first-order valence-electron chi connectivity index (χ1n) is 23.9. The highest BCUT2D eigenvalue weighted by Crippen LogP contribution is 2.44. The molecule has 0 aliphatic carbocycles. The first-order chi connectivity index (χ1) is 31.1. The minimum Gasteiger partial charge on any atom is -1.00 e. The van der Waals surface area contributed by atoms with Gasteiger partial charge in [-0.2, -0.15) is 0 Å². The first kappa shape index (κ1) is 66.8. The molecule has 71 heavy (non-hydrogen) atoms. The molecule has 3 aromatic rings. The zero-order valence-electron chi connectivity index (χ0n) is 45.5. The molecule has 2 N–H and O–H groups in total. The van der Waals surface area contributed by atoms with Gasteiger partial charge in [0.05, 0.1) is 120 Å². The molecule has 5 heterocycles.